The van der Waals surface area contributed by atoms with E-state index in [4.69, 9.17) is 17.3 Å². The van der Waals surface area contributed by atoms with Gasteiger partial charge in [-0.25, -0.2) is 4.98 Å². The molecule has 0 saturated heterocycles. The number of amides is 1. The van der Waals surface area contributed by atoms with E-state index in [0.717, 1.165) is 23.3 Å². The molecule has 1 amide bonds. The number of hydrogen-bond donors (Lipinski definition) is 1. The van der Waals surface area contributed by atoms with Crippen molar-refractivity contribution >= 4 is 28.7 Å². The molecule has 0 saturated carbocycles. The van der Waals surface area contributed by atoms with Crippen LogP contribution in [0.2, 0.25) is 0 Å². The summed E-state index contributed by atoms with van der Waals surface area (Å²) in [5, 5.41) is 4.10. The zero-order valence-corrected chi connectivity index (χ0v) is 12.3. The normalized spacial score (nSPS) is 14.8. The van der Waals surface area contributed by atoms with E-state index in [1.165, 1.54) is 0 Å². The first kappa shape index (κ1) is 13.9. The van der Waals surface area contributed by atoms with Crippen molar-refractivity contribution in [3.8, 4) is 0 Å². The van der Waals surface area contributed by atoms with Crippen LogP contribution in [0.4, 0.5) is 0 Å². The lowest BCUT2D eigenvalue weighted by Crippen LogP contribution is -2.26. The van der Waals surface area contributed by atoms with Crippen molar-refractivity contribution in [1.29, 1.82) is 0 Å². The number of fused-ring (bicyclic) bond motifs is 1. The second-order valence-electron chi connectivity index (χ2n) is 4.63. The Morgan fingerprint density at radius 2 is 2.11 bits per heavy atom. The van der Waals surface area contributed by atoms with Crippen LogP contribution < -0.4 is 5.73 Å². The van der Waals surface area contributed by atoms with Crippen molar-refractivity contribution in [2.75, 3.05) is 0 Å². The van der Waals surface area contributed by atoms with Crippen LogP contribution in [0, 0.1) is 0 Å². The fourth-order valence-electron chi connectivity index (χ4n) is 2.25. The van der Waals surface area contributed by atoms with E-state index in [1.807, 2.05) is 20.9 Å². The van der Waals surface area contributed by atoms with E-state index in [-0.39, 0.29) is 5.38 Å². The van der Waals surface area contributed by atoms with Gasteiger partial charge >= 0.3 is 0 Å². The summed E-state index contributed by atoms with van der Waals surface area (Å²) in [6, 6.07) is -0.513. The Hall–Kier alpha value is -1.56. The van der Waals surface area contributed by atoms with E-state index in [0.29, 0.717) is 5.82 Å². The maximum Gasteiger partial charge on any atom is 0.240 e. The molecule has 2 atom stereocenters. The summed E-state index contributed by atoms with van der Waals surface area (Å²) in [5.41, 5.74) is 7.89. The lowest BCUT2D eigenvalue weighted by molar-refractivity contribution is -0.120. The van der Waals surface area contributed by atoms with Crippen molar-refractivity contribution in [1.82, 2.24) is 19.3 Å². The highest BCUT2D eigenvalue weighted by Crippen LogP contribution is 2.29. The Morgan fingerprint density at radius 1 is 1.47 bits per heavy atom. The molecule has 7 heteroatoms. The Labute approximate surface area is 116 Å². The van der Waals surface area contributed by atoms with Crippen LogP contribution in [-0.4, -0.2) is 25.2 Å². The molecule has 0 spiro atoms. The predicted octanol–water partition coefficient (Wildman–Crippen LogP) is 1.68. The van der Waals surface area contributed by atoms with Crippen molar-refractivity contribution < 1.29 is 4.79 Å². The molecule has 0 bridgehead atoms. The van der Waals surface area contributed by atoms with E-state index < -0.39 is 11.9 Å². The summed E-state index contributed by atoms with van der Waals surface area (Å²) < 4.78 is 3.50. The number of nitrogens with zero attached hydrogens (tertiary/aromatic N) is 4. The molecule has 104 valence electrons. The molecule has 2 unspecified atom stereocenters. The second-order valence-corrected chi connectivity index (χ2v) is 5.29. The molecule has 2 N–H and O–H groups in total. The van der Waals surface area contributed by atoms with Gasteiger partial charge in [0.25, 0.3) is 0 Å². The molecule has 6 nitrogen and oxygen atoms in total. The predicted molar refractivity (Wildman–Crippen MR) is 74.1 cm³/mol. The van der Waals surface area contributed by atoms with E-state index in [1.54, 1.807) is 16.2 Å². The lowest BCUT2D eigenvalue weighted by Gasteiger charge is -2.15. The molecule has 0 aromatic carbocycles. The van der Waals surface area contributed by atoms with Gasteiger partial charge in [0.05, 0.1) is 11.1 Å². The molecule has 19 heavy (non-hydrogen) atoms. The number of nitrogens with two attached hydrogens (primary N) is 1. The molecule has 0 aliphatic carbocycles. The van der Waals surface area contributed by atoms with Crippen LogP contribution in [0.5, 0.6) is 0 Å². The van der Waals surface area contributed by atoms with Crippen LogP contribution in [0.15, 0.2) is 0 Å². The van der Waals surface area contributed by atoms with Gasteiger partial charge in [-0.1, -0.05) is 6.92 Å². The highest BCUT2D eigenvalue weighted by Gasteiger charge is 2.26. The first-order valence-electron chi connectivity index (χ1n) is 6.25. The fourth-order valence-corrected chi connectivity index (χ4v) is 2.40. The number of primary amides is 1. The number of carbonyl (C=O) groups is 1. The third kappa shape index (κ3) is 2.10. The van der Waals surface area contributed by atoms with E-state index in [2.05, 4.69) is 10.1 Å². The van der Waals surface area contributed by atoms with Crippen LogP contribution in [0.25, 0.3) is 11.2 Å². The minimum absolute atomic E-state index is 0.307. The van der Waals surface area contributed by atoms with Crippen molar-refractivity contribution in [2.45, 2.75) is 38.6 Å². The van der Waals surface area contributed by atoms with Gasteiger partial charge in [0.2, 0.25) is 5.91 Å². The minimum Gasteiger partial charge on any atom is -0.368 e. The number of halogens is 1. The molecule has 2 heterocycles. The third-order valence-electron chi connectivity index (χ3n) is 3.25. The summed E-state index contributed by atoms with van der Waals surface area (Å²) in [4.78, 5) is 16.1. The van der Waals surface area contributed by atoms with Gasteiger partial charge in [-0.3, -0.25) is 14.0 Å². The quantitative estimate of drug-likeness (QED) is 0.867. The Balaban J connectivity index is 2.80. The number of alkyl halides is 1. The van der Waals surface area contributed by atoms with Crippen LogP contribution in [-0.2, 0) is 18.3 Å². The molecular formula is C12H18ClN5O. The highest BCUT2D eigenvalue weighted by atomic mass is 35.5. The first-order valence-corrected chi connectivity index (χ1v) is 6.69. The first-order chi connectivity index (χ1) is 8.88. The summed E-state index contributed by atoms with van der Waals surface area (Å²) in [6.07, 6.45) is 0.773. The van der Waals surface area contributed by atoms with E-state index >= 15 is 0 Å². The van der Waals surface area contributed by atoms with Gasteiger partial charge in [-0.15, -0.1) is 11.6 Å². The largest absolute Gasteiger partial charge is 0.368 e. The van der Waals surface area contributed by atoms with Crippen molar-refractivity contribution in [3.63, 3.8) is 0 Å². The molecule has 0 radical (unpaired) electrons. The summed E-state index contributed by atoms with van der Waals surface area (Å²) in [6.45, 7) is 5.58. The van der Waals surface area contributed by atoms with Gasteiger partial charge < -0.3 is 5.73 Å². The number of aromatic nitrogens is 4. The van der Waals surface area contributed by atoms with Gasteiger partial charge in [-0.2, -0.15) is 5.10 Å². The molecule has 2 rings (SSSR count). The molecule has 2 aromatic heterocycles. The number of imidazole rings is 1. The Kier molecular flexibility index (Phi) is 3.54. The van der Waals surface area contributed by atoms with Crippen LogP contribution >= 0.6 is 11.6 Å². The van der Waals surface area contributed by atoms with Gasteiger partial charge in [-0.05, 0) is 20.3 Å². The zero-order chi connectivity index (χ0) is 14.3. The third-order valence-corrected chi connectivity index (χ3v) is 3.45. The molecule has 0 aliphatic heterocycles. The van der Waals surface area contributed by atoms with Gasteiger partial charge in [0, 0.05) is 7.05 Å². The van der Waals surface area contributed by atoms with Gasteiger partial charge in [0.1, 0.15) is 17.4 Å². The van der Waals surface area contributed by atoms with Crippen molar-refractivity contribution in [2.24, 2.45) is 12.8 Å². The summed E-state index contributed by atoms with van der Waals surface area (Å²) >= 11 is 6.17. The number of carbonyl (C=O) groups excluding carboxylic acids is 1. The van der Waals surface area contributed by atoms with Crippen LogP contribution in [0.3, 0.4) is 0 Å². The number of rotatable bonds is 4. The Bertz CT molecular complexity index is 628. The van der Waals surface area contributed by atoms with Gasteiger partial charge in [0.15, 0.2) is 5.65 Å². The van der Waals surface area contributed by atoms with Crippen molar-refractivity contribution in [3.05, 3.63) is 11.5 Å². The monoisotopic (exact) mass is 283 g/mol. The molecule has 2 aromatic rings. The number of aryl methyl sites for hydroxylation is 2. The standard InChI is InChI=1S/C12H18ClN5O/c1-5-8-9-12(17(4)16-8)18(7(3)10(14)19)11(15-9)6(2)13/h6-7H,5H2,1-4H3,(H2,14,19). The highest BCUT2D eigenvalue weighted by molar-refractivity contribution is 6.20. The van der Waals surface area contributed by atoms with Crippen LogP contribution in [0.1, 0.15) is 43.7 Å². The molecule has 0 fully saturated rings. The lowest BCUT2D eigenvalue weighted by atomic mass is 10.3. The fraction of sp³-hybridized carbons (Fsp3) is 0.583. The molecule has 0 aliphatic rings. The summed E-state index contributed by atoms with van der Waals surface area (Å²) in [5.74, 6) is 0.225. The smallest absolute Gasteiger partial charge is 0.240 e. The second kappa shape index (κ2) is 4.85. The number of hydrogen-bond acceptors (Lipinski definition) is 3. The topological polar surface area (TPSA) is 78.7 Å². The SMILES string of the molecule is CCc1nn(C)c2c1nc(C(C)Cl)n2C(C)C(N)=O. The average Bonchev–Trinajstić information content (AvgIpc) is 2.86. The van der Waals surface area contributed by atoms with E-state index in [9.17, 15) is 4.79 Å². The maximum atomic E-state index is 11.5. The molecular weight excluding hydrogens is 266 g/mol. The Morgan fingerprint density at radius 3 is 2.58 bits per heavy atom. The zero-order valence-electron chi connectivity index (χ0n) is 11.5. The minimum atomic E-state index is -0.513. The average molecular weight is 284 g/mol. The maximum absolute atomic E-state index is 11.5. The summed E-state index contributed by atoms with van der Waals surface area (Å²) in [7, 11) is 1.83.